The Morgan fingerprint density at radius 1 is 1.16 bits per heavy atom. The number of benzene rings is 2. The maximum atomic E-state index is 12.4. The molecule has 1 aliphatic heterocycles. The zero-order valence-corrected chi connectivity index (χ0v) is 16.0. The van der Waals surface area contributed by atoms with Crippen molar-refractivity contribution in [2.24, 2.45) is 0 Å². The van der Waals surface area contributed by atoms with Crippen molar-refractivity contribution in [2.75, 3.05) is 12.4 Å². The monoisotopic (exact) mass is 413 g/mol. The quantitative estimate of drug-likeness (QED) is 0.601. The molecule has 3 aromatic rings. The van der Waals surface area contributed by atoms with E-state index in [2.05, 4.69) is 32.7 Å². The summed E-state index contributed by atoms with van der Waals surface area (Å²) in [6, 6.07) is 16.1. The number of halogens is 1. The number of carbonyl (C=O) groups is 1. The van der Waals surface area contributed by atoms with Gasteiger partial charge in [-0.05, 0) is 29.3 Å². The van der Waals surface area contributed by atoms with E-state index in [1.54, 1.807) is 18.4 Å². The number of thiophene rings is 1. The lowest BCUT2D eigenvalue weighted by molar-refractivity contribution is -0.116. The normalized spacial score (nSPS) is 16.2. The number of amides is 1. The van der Waals surface area contributed by atoms with Crippen LogP contribution in [-0.4, -0.2) is 13.0 Å². The summed E-state index contributed by atoms with van der Waals surface area (Å²) in [5.41, 5.74) is 4.23. The van der Waals surface area contributed by atoms with E-state index < -0.39 is 0 Å². The van der Waals surface area contributed by atoms with Crippen LogP contribution in [0.2, 0.25) is 0 Å². The van der Waals surface area contributed by atoms with Crippen LogP contribution in [0.3, 0.4) is 0 Å². The minimum atomic E-state index is 0.0569. The fraction of sp³-hybridized carbons (Fsp3) is 0.150. The molecule has 1 aromatic heterocycles. The molecular weight excluding hydrogens is 398 g/mol. The molecule has 0 spiro atoms. The van der Waals surface area contributed by atoms with Gasteiger partial charge in [-0.2, -0.15) is 0 Å². The van der Waals surface area contributed by atoms with Gasteiger partial charge in [0.2, 0.25) is 5.91 Å². The first-order valence-corrected chi connectivity index (χ1v) is 9.64. The summed E-state index contributed by atoms with van der Waals surface area (Å²) in [5.74, 6) is 0.959. The van der Waals surface area contributed by atoms with Gasteiger partial charge in [-0.3, -0.25) is 4.79 Å². The molecule has 0 saturated carbocycles. The Morgan fingerprint density at radius 3 is 2.64 bits per heavy atom. The van der Waals surface area contributed by atoms with E-state index in [0.717, 1.165) is 32.6 Å². The van der Waals surface area contributed by atoms with Crippen molar-refractivity contribution in [3.8, 4) is 16.9 Å². The van der Waals surface area contributed by atoms with Gasteiger partial charge in [0.15, 0.2) is 0 Å². The number of carbonyl (C=O) groups excluding carboxylic acids is 1. The van der Waals surface area contributed by atoms with Crippen LogP contribution < -0.4 is 10.1 Å². The van der Waals surface area contributed by atoms with E-state index >= 15 is 0 Å². The highest BCUT2D eigenvalue weighted by molar-refractivity contribution is 9.10. The first-order valence-electron chi connectivity index (χ1n) is 7.97. The molecule has 0 aliphatic carbocycles. The minimum absolute atomic E-state index is 0.0569. The van der Waals surface area contributed by atoms with Crippen LogP contribution in [-0.2, 0) is 4.79 Å². The number of ether oxygens (including phenoxy) is 1. The second-order valence-corrected chi connectivity index (χ2v) is 7.71. The zero-order chi connectivity index (χ0) is 17.4. The van der Waals surface area contributed by atoms with Crippen molar-refractivity contribution in [2.45, 2.75) is 12.3 Å². The molecule has 126 valence electrons. The molecular formula is C20H16BrNO2S. The van der Waals surface area contributed by atoms with Crippen LogP contribution in [0.25, 0.3) is 11.1 Å². The van der Waals surface area contributed by atoms with E-state index in [9.17, 15) is 4.79 Å². The molecule has 1 unspecified atom stereocenters. The molecule has 1 aliphatic rings. The smallest absolute Gasteiger partial charge is 0.225 e. The zero-order valence-electron chi connectivity index (χ0n) is 13.6. The summed E-state index contributed by atoms with van der Waals surface area (Å²) in [6.07, 6.45) is 0.470. The number of nitrogens with one attached hydrogen (secondary N) is 1. The topological polar surface area (TPSA) is 38.3 Å². The van der Waals surface area contributed by atoms with Crippen molar-refractivity contribution >= 4 is 38.9 Å². The van der Waals surface area contributed by atoms with E-state index in [1.165, 1.54) is 4.88 Å². The van der Waals surface area contributed by atoms with Crippen LogP contribution >= 0.6 is 27.3 Å². The molecule has 4 rings (SSSR count). The van der Waals surface area contributed by atoms with Gasteiger partial charge >= 0.3 is 0 Å². The van der Waals surface area contributed by atoms with Gasteiger partial charge in [-0.25, -0.2) is 0 Å². The molecule has 0 fully saturated rings. The molecule has 2 aromatic carbocycles. The summed E-state index contributed by atoms with van der Waals surface area (Å²) < 4.78 is 6.27. The number of methoxy groups -OCH3 is 1. The SMILES string of the molecule is COc1ccc(-c2csc3c2NC(=O)CC3c2ccccc2Br)cc1. The van der Waals surface area contributed by atoms with Crippen LogP contribution in [0.5, 0.6) is 5.75 Å². The van der Waals surface area contributed by atoms with Gasteiger partial charge < -0.3 is 10.1 Å². The number of anilines is 1. The van der Waals surface area contributed by atoms with Gasteiger partial charge in [0.1, 0.15) is 5.75 Å². The molecule has 1 N–H and O–H groups in total. The minimum Gasteiger partial charge on any atom is -0.497 e. The van der Waals surface area contributed by atoms with Gasteiger partial charge in [0.25, 0.3) is 0 Å². The molecule has 3 nitrogen and oxygen atoms in total. The van der Waals surface area contributed by atoms with Gasteiger partial charge in [-0.15, -0.1) is 11.3 Å². The maximum absolute atomic E-state index is 12.4. The van der Waals surface area contributed by atoms with E-state index in [1.807, 2.05) is 42.5 Å². The highest BCUT2D eigenvalue weighted by Crippen LogP contribution is 2.47. The van der Waals surface area contributed by atoms with E-state index in [-0.39, 0.29) is 11.8 Å². The second kappa shape index (κ2) is 6.65. The van der Waals surface area contributed by atoms with Crippen molar-refractivity contribution in [3.05, 3.63) is 68.8 Å². The Labute approximate surface area is 158 Å². The summed E-state index contributed by atoms with van der Waals surface area (Å²) in [4.78, 5) is 13.6. The second-order valence-electron chi connectivity index (χ2n) is 5.94. The van der Waals surface area contributed by atoms with Crippen molar-refractivity contribution in [1.29, 1.82) is 0 Å². The summed E-state index contributed by atoms with van der Waals surface area (Å²) >= 11 is 5.33. The third-order valence-electron chi connectivity index (χ3n) is 4.47. The lowest BCUT2D eigenvalue weighted by Gasteiger charge is -2.24. The van der Waals surface area contributed by atoms with Crippen LogP contribution in [0, 0.1) is 0 Å². The van der Waals surface area contributed by atoms with Crippen molar-refractivity contribution in [3.63, 3.8) is 0 Å². The van der Waals surface area contributed by atoms with Crippen molar-refractivity contribution in [1.82, 2.24) is 0 Å². The fourth-order valence-electron chi connectivity index (χ4n) is 3.22. The Morgan fingerprint density at radius 2 is 1.92 bits per heavy atom. The number of hydrogen-bond donors (Lipinski definition) is 1. The van der Waals surface area contributed by atoms with Crippen LogP contribution in [0.4, 0.5) is 5.69 Å². The highest BCUT2D eigenvalue weighted by atomic mass is 79.9. The fourth-order valence-corrected chi connectivity index (χ4v) is 4.93. The summed E-state index contributed by atoms with van der Waals surface area (Å²) in [6.45, 7) is 0. The lowest BCUT2D eigenvalue weighted by Crippen LogP contribution is -2.22. The molecule has 1 amide bonds. The molecule has 2 heterocycles. The Bertz CT molecular complexity index is 933. The van der Waals surface area contributed by atoms with Gasteiger partial charge in [0.05, 0.1) is 12.8 Å². The lowest BCUT2D eigenvalue weighted by atomic mass is 9.89. The predicted molar refractivity (Wildman–Crippen MR) is 106 cm³/mol. The number of fused-ring (bicyclic) bond motifs is 1. The number of hydrogen-bond acceptors (Lipinski definition) is 3. The maximum Gasteiger partial charge on any atom is 0.225 e. The third-order valence-corrected chi connectivity index (χ3v) is 6.29. The average molecular weight is 414 g/mol. The highest BCUT2D eigenvalue weighted by Gasteiger charge is 2.31. The molecule has 5 heteroatoms. The van der Waals surface area contributed by atoms with E-state index in [0.29, 0.717) is 6.42 Å². The average Bonchev–Trinajstić information content (AvgIpc) is 3.05. The summed E-state index contributed by atoms with van der Waals surface area (Å²) in [5, 5.41) is 5.21. The standard InChI is InChI=1S/C20H16BrNO2S/c1-24-13-8-6-12(7-9-13)16-11-25-20-15(10-18(23)22-19(16)20)14-4-2-3-5-17(14)21/h2-9,11,15H,10H2,1H3,(H,22,23). The predicted octanol–water partition coefficient (Wildman–Crippen LogP) is 5.66. The first kappa shape index (κ1) is 16.4. The molecule has 25 heavy (non-hydrogen) atoms. The number of rotatable bonds is 3. The molecule has 1 atom stereocenters. The van der Waals surface area contributed by atoms with Crippen molar-refractivity contribution < 1.29 is 9.53 Å². The first-order chi connectivity index (χ1) is 12.2. The molecule has 0 saturated heterocycles. The van der Waals surface area contributed by atoms with Crippen LogP contribution in [0.1, 0.15) is 22.8 Å². The summed E-state index contributed by atoms with van der Waals surface area (Å²) in [7, 11) is 1.66. The van der Waals surface area contributed by atoms with Gasteiger partial charge in [0, 0.05) is 32.6 Å². The molecule has 0 bridgehead atoms. The largest absolute Gasteiger partial charge is 0.497 e. The van der Waals surface area contributed by atoms with E-state index in [4.69, 9.17) is 4.74 Å². The molecule has 0 radical (unpaired) electrons. The Kier molecular flexibility index (Phi) is 4.36. The van der Waals surface area contributed by atoms with Crippen LogP contribution in [0.15, 0.2) is 58.4 Å². The Balaban J connectivity index is 1.80. The Hall–Kier alpha value is -2.11. The third kappa shape index (κ3) is 2.98. The van der Waals surface area contributed by atoms with Gasteiger partial charge in [-0.1, -0.05) is 46.3 Å².